The number of hydrogen-bond donors (Lipinski definition) is 1. The van der Waals surface area contributed by atoms with Crippen LogP contribution in [0.3, 0.4) is 0 Å². The van der Waals surface area contributed by atoms with Gasteiger partial charge in [-0.15, -0.1) is 0 Å². The van der Waals surface area contributed by atoms with Crippen molar-refractivity contribution in [2.45, 2.75) is 43.1 Å². The van der Waals surface area contributed by atoms with Gasteiger partial charge in [-0.2, -0.15) is 0 Å². The van der Waals surface area contributed by atoms with Crippen LogP contribution in [0.25, 0.3) is 11.1 Å². The van der Waals surface area contributed by atoms with E-state index in [9.17, 15) is 4.79 Å². The van der Waals surface area contributed by atoms with Crippen LogP contribution in [0.4, 0.5) is 0 Å². The quantitative estimate of drug-likeness (QED) is 0.596. The summed E-state index contributed by atoms with van der Waals surface area (Å²) in [5.41, 5.74) is 1.54. The molecule has 0 saturated heterocycles. The highest BCUT2D eigenvalue weighted by Gasteiger charge is 2.24. The summed E-state index contributed by atoms with van der Waals surface area (Å²) in [4.78, 5) is 20.8. The van der Waals surface area contributed by atoms with Crippen LogP contribution in [-0.4, -0.2) is 33.8 Å². The van der Waals surface area contributed by atoms with Crippen molar-refractivity contribution < 1.29 is 13.9 Å². The molecule has 0 aliphatic heterocycles. The number of rotatable bonds is 6. The number of fused-ring (bicyclic) bond motifs is 1. The van der Waals surface area contributed by atoms with E-state index in [-0.39, 0.29) is 23.8 Å². The first-order valence-electron chi connectivity index (χ1n) is 9.21. The first-order chi connectivity index (χ1) is 13.7. The fourth-order valence-corrected chi connectivity index (χ4v) is 4.00. The predicted molar refractivity (Wildman–Crippen MR) is 109 cm³/mol. The third-order valence-corrected chi connectivity index (χ3v) is 5.68. The van der Waals surface area contributed by atoms with Crippen LogP contribution in [0.2, 0.25) is 5.02 Å². The normalized spacial score (nSPS) is 19.5. The van der Waals surface area contributed by atoms with E-state index in [0.717, 1.165) is 36.8 Å². The molecule has 146 valence electrons. The van der Waals surface area contributed by atoms with Crippen molar-refractivity contribution in [2.24, 2.45) is 0 Å². The highest BCUT2D eigenvalue weighted by atomic mass is 35.5. The summed E-state index contributed by atoms with van der Waals surface area (Å²) < 4.78 is 11.5. The Hall–Kier alpha value is -2.25. The highest BCUT2D eigenvalue weighted by molar-refractivity contribution is 7.99. The Morgan fingerprint density at radius 2 is 2.04 bits per heavy atom. The molecule has 6 nitrogen and oxygen atoms in total. The molecule has 1 amide bonds. The molecule has 1 N–H and O–H groups in total. The molecule has 3 aromatic rings. The molecule has 2 aromatic heterocycles. The van der Waals surface area contributed by atoms with Crippen molar-refractivity contribution in [3.63, 3.8) is 0 Å². The average Bonchev–Trinajstić information content (AvgIpc) is 3.13. The van der Waals surface area contributed by atoms with E-state index in [0.29, 0.717) is 16.1 Å². The fourth-order valence-electron chi connectivity index (χ4n) is 3.24. The van der Waals surface area contributed by atoms with Crippen LogP contribution in [0.1, 0.15) is 25.7 Å². The van der Waals surface area contributed by atoms with Gasteiger partial charge in [0.05, 0.1) is 10.8 Å². The standard InChI is InChI=1S/C20H20ClN3O3S/c21-13-5-10-19(22-11-13)26-15-8-6-14(7-9-15)23-18(25)12-28-20-24-16-3-1-2-4-17(16)27-20/h1-5,10-11,14-15H,6-9,12H2,(H,23,25). The Bertz CT molecular complexity index is 906. The molecule has 0 spiro atoms. The maximum atomic E-state index is 12.2. The van der Waals surface area contributed by atoms with E-state index < -0.39 is 0 Å². The largest absolute Gasteiger partial charge is 0.474 e. The van der Waals surface area contributed by atoms with Gasteiger partial charge in [0.1, 0.15) is 11.6 Å². The fraction of sp³-hybridized carbons (Fsp3) is 0.350. The zero-order valence-electron chi connectivity index (χ0n) is 15.1. The maximum Gasteiger partial charge on any atom is 0.257 e. The molecule has 4 rings (SSSR count). The van der Waals surface area contributed by atoms with Crippen LogP contribution >= 0.6 is 23.4 Å². The van der Waals surface area contributed by atoms with Crippen molar-refractivity contribution in [2.75, 3.05) is 5.75 Å². The second-order valence-corrected chi connectivity index (χ2v) is 8.07. The summed E-state index contributed by atoms with van der Waals surface area (Å²) >= 11 is 7.15. The lowest BCUT2D eigenvalue weighted by molar-refractivity contribution is -0.119. The third kappa shape index (κ3) is 4.97. The number of hydrogen-bond acceptors (Lipinski definition) is 6. The summed E-state index contributed by atoms with van der Waals surface area (Å²) in [6.07, 6.45) is 5.24. The minimum Gasteiger partial charge on any atom is -0.474 e. The Morgan fingerprint density at radius 3 is 2.79 bits per heavy atom. The van der Waals surface area contributed by atoms with Gasteiger partial charge in [0.2, 0.25) is 11.8 Å². The molecule has 1 aliphatic carbocycles. The monoisotopic (exact) mass is 417 g/mol. The van der Waals surface area contributed by atoms with Gasteiger partial charge in [0, 0.05) is 18.3 Å². The summed E-state index contributed by atoms with van der Waals surface area (Å²) in [6, 6.07) is 11.3. The molecule has 1 aromatic carbocycles. The topological polar surface area (TPSA) is 77.2 Å². The van der Waals surface area contributed by atoms with Crippen molar-refractivity contribution in [1.29, 1.82) is 0 Å². The maximum absolute atomic E-state index is 12.2. The second-order valence-electron chi connectivity index (χ2n) is 6.71. The van der Waals surface area contributed by atoms with Gasteiger partial charge in [-0.1, -0.05) is 35.5 Å². The zero-order chi connectivity index (χ0) is 19.3. The van der Waals surface area contributed by atoms with Crippen LogP contribution in [0, 0.1) is 0 Å². The Labute approximate surface area is 172 Å². The van der Waals surface area contributed by atoms with E-state index in [1.54, 1.807) is 18.3 Å². The molecule has 0 unspecified atom stereocenters. The molecule has 1 fully saturated rings. The summed E-state index contributed by atoms with van der Waals surface area (Å²) in [7, 11) is 0. The SMILES string of the molecule is O=C(CSc1nc2ccccc2o1)NC1CCC(Oc2ccc(Cl)cn2)CC1. The van der Waals surface area contributed by atoms with E-state index in [2.05, 4.69) is 15.3 Å². The van der Waals surface area contributed by atoms with Crippen LogP contribution in [-0.2, 0) is 4.79 Å². The molecule has 1 saturated carbocycles. The summed E-state index contributed by atoms with van der Waals surface area (Å²) in [6.45, 7) is 0. The lowest BCUT2D eigenvalue weighted by Gasteiger charge is -2.29. The number of nitrogens with zero attached hydrogens (tertiary/aromatic N) is 2. The number of amides is 1. The number of ether oxygens (including phenoxy) is 1. The lowest BCUT2D eigenvalue weighted by atomic mass is 9.93. The van der Waals surface area contributed by atoms with Crippen LogP contribution < -0.4 is 10.1 Å². The summed E-state index contributed by atoms with van der Waals surface area (Å²) in [5, 5.41) is 4.21. The smallest absolute Gasteiger partial charge is 0.257 e. The van der Waals surface area contributed by atoms with E-state index in [1.165, 1.54) is 11.8 Å². The Balaban J connectivity index is 1.20. The number of oxazole rings is 1. The molecule has 0 radical (unpaired) electrons. The van der Waals surface area contributed by atoms with Gasteiger partial charge in [0.15, 0.2) is 5.58 Å². The first kappa shape index (κ1) is 19.1. The van der Waals surface area contributed by atoms with Gasteiger partial charge < -0.3 is 14.5 Å². The molecule has 2 heterocycles. The highest BCUT2D eigenvalue weighted by Crippen LogP contribution is 2.25. The van der Waals surface area contributed by atoms with Gasteiger partial charge in [0.25, 0.3) is 5.22 Å². The van der Waals surface area contributed by atoms with Gasteiger partial charge >= 0.3 is 0 Å². The third-order valence-electron chi connectivity index (χ3n) is 4.63. The number of aromatic nitrogens is 2. The van der Waals surface area contributed by atoms with E-state index >= 15 is 0 Å². The molecule has 1 aliphatic rings. The predicted octanol–water partition coefficient (Wildman–Crippen LogP) is 4.47. The lowest BCUT2D eigenvalue weighted by Crippen LogP contribution is -2.40. The minimum absolute atomic E-state index is 0.00371. The molecule has 0 atom stereocenters. The Morgan fingerprint density at radius 1 is 1.21 bits per heavy atom. The average molecular weight is 418 g/mol. The van der Waals surface area contributed by atoms with Gasteiger partial charge in [-0.25, -0.2) is 9.97 Å². The second kappa shape index (κ2) is 8.84. The number of benzene rings is 1. The molecule has 0 bridgehead atoms. The van der Waals surface area contributed by atoms with Gasteiger partial charge in [-0.05, 0) is 43.9 Å². The number of carbonyl (C=O) groups excluding carboxylic acids is 1. The molecular weight excluding hydrogens is 398 g/mol. The number of carbonyl (C=O) groups is 1. The number of halogens is 1. The number of thioether (sulfide) groups is 1. The number of pyridine rings is 1. The van der Waals surface area contributed by atoms with Crippen molar-refractivity contribution >= 4 is 40.4 Å². The number of para-hydroxylation sites is 2. The van der Waals surface area contributed by atoms with Crippen molar-refractivity contribution in [3.05, 3.63) is 47.6 Å². The van der Waals surface area contributed by atoms with E-state index in [1.807, 2.05) is 24.3 Å². The summed E-state index contributed by atoms with van der Waals surface area (Å²) in [5.74, 6) is 0.875. The van der Waals surface area contributed by atoms with E-state index in [4.69, 9.17) is 20.8 Å². The Kier molecular flexibility index (Phi) is 6.02. The molecular formula is C20H20ClN3O3S. The zero-order valence-corrected chi connectivity index (χ0v) is 16.7. The van der Waals surface area contributed by atoms with Crippen molar-refractivity contribution in [1.82, 2.24) is 15.3 Å². The van der Waals surface area contributed by atoms with Gasteiger partial charge in [-0.3, -0.25) is 4.79 Å². The first-order valence-corrected chi connectivity index (χ1v) is 10.6. The molecule has 28 heavy (non-hydrogen) atoms. The van der Waals surface area contributed by atoms with Crippen LogP contribution in [0.15, 0.2) is 52.2 Å². The van der Waals surface area contributed by atoms with Crippen LogP contribution in [0.5, 0.6) is 5.88 Å². The minimum atomic E-state index is -0.00371. The number of nitrogens with one attached hydrogen (secondary N) is 1. The van der Waals surface area contributed by atoms with Crippen molar-refractivity contribution in [3.8, 4) is 5.88 Å². The molecule has 8 heteroatoms.